The Morgan fingerprint density at radius 3 is 2.95 bits per heavy atom. The number of carbonyl (C=O) groups is 1. The quantitative estimate of drug-likeness (QED) is 0.910. The summed E-state index contributed by atoms with van der Waals surface area (Å²) in [5.74, 6) is -0.150. The number of hydrogen-bond acceptors (Lipinski definition) is 2. The Balaban J connectivity index is 2.15. The second-order valence-electron chi connectivity index (χ2n) is 5.14. The van der Waals surface area contributed by atoms with E-state index in [0.717, 1.165) is 19.4 Å². The highest BCUT2D eigenvalue weighted by Crippen LogP contribution is 2.23. The number of benzene rings is 1. The summed E-state index contributed by atoms with van der Waals surface area (Å²) in [6.07, 6.45) is 1.71. The molecular weight excluding hydrogens is 243 g/mol. The van der Waals surface area contributed by atoms with Crippen LogP contribution in [0.15, 0.2) is 24.3 Å². The van der Waals surface area contributed by atoms with Gasteiger partial charge in [-0.25, -0.2) is 4.39 Å². The van der Waals surface area contributed by atoms with Gasteiger partial charge in [0.25, 0.3) is 0 Å². The first-order chi connectivity index (χ1) is 9.11. The topological polar surface area (TPSA) is 32.3 Å². The molecule has 0 spiro atoms. The van der Waals surface area contributed by atoms with Crippen molar-refractivity contribution < 1.29 is 9.18 Å². The minimum Gasteiger partial charge on any atom is -0.314 e. The van der Waals surface area contributed by atoms with Crippen molar-refractivity contribution in [1.29, 1.82) is 0 Å². The predicted octanol–water partition coefficient (Wildman–Crippen LogP) is 2.57. The van der Waals surface area contributed by atoms with Crippen LogP contribution >= 0.6 is 0 Å². The molecule has 1 aromatic carbocycles. The standard InChI is InChI=1S/C15H21FN2O/c1-3-18(14-6-4-5-13(16)10-14)15(19)12-7-8-17-11(2)9-12/h4-6,10-12,17H,3,7-9H2,1-2H3. The predicted molar refractivity (Wildman–Crippen MR) is 74.6 cm³/mol. The number of nitrogens with zero attached hydrogens (tertiary/aromatic N) is 1. The van der Waals surface area contributed by atoms with Gasteiger partial charge in [0.2, 0.25) is 5.91 Å². The van der Waals surface area contributed by atoms with Crippen LogP contribution in [0.2, 0.25) is 0 Å². The summed E-state index contributed by atoms with van der Waals surface area (Å²) < 4.78 is 13.3. The molecule has 1 aliphatic heterocycles. The van der Waals surface area contributed by atoms with Crippen molar-refractivity contribution in [2.24, 2.45) is 5.92 Å². The zero-order chi connectivity index (χ0) is 13.8. The Morgan fingerprint density at radius 1 is 1.53 bits per heavy atom. The number of nitrogens with one attached hydrogen (secondary N) is 1. The smallest absolute Gasteiger partial charge is 0.230 e. The van der Waals surface area contributed by atoms with E-state index in [9.17, 15) is 9.18 Å². The zero-order valence-electron chi connectivity index (χ0n) is 11.5. The van der Waals surface area contributed by atoms with E-state index in [4.69, 9.17) is 0 Å². The van der Waals surface area contributed by atoms with E-state index in [-0.39, 0.29) is 17.6 Å². The SMILES string of the molecule is CCN(C(=O)C1CCNC(C)C1)c1cccc(F)c1. The zero-order valence-corrected chi connectivity index (χ0v) is 11.5. The van der Waals surface area contributed by atoms with Gasteiger partial charge >= 0.3 is 0 Å². The molecule has 3 nitrogen and oxygen atoms in total. The van der Waals surface area contributed by atoms with E-state index in [0.29, 0.717) is 18.3 Å². The van der Waals surface area contributed by atoms with Gasteiger partial charge in [-0.3, -0.25) is 4.79 Å². The van der Waals surface area contributed by atoms with Gasteiger partial charge in [0.05, 0.1) is 0 Å². The molecule has 0 radical (unpaired) electrons. The van der Waals surface area contributed by atoms with Crippen LogP contribution in [0.4, 0.5) is 10.1 Å². The van der Waals surface area contributed by atoms with Crippen molar-refractivity contribution in [3.8, 4) is 0 Å². The van der Waals surface area contributed by atoms with Crippen LogP contribution in [0.3, 0.4) is 0 Å². The van der Waals surface area contributed by atoms with Crippen LogP contribution in [0, 0.1) is 11.7 Å². The van der Waals surface area contributed by atoms with Crippen molar-refractivity contribution in [1.82, 2.24) is 5.32 Å². The van der Waals surface area contributed by atoms with Gasteiger partial charge in [0, 0.05) is 24.2 Å². The van der Waals surface area contributed by atoms with Gasteiger partial charge in [0.1, 0.15) is 5.82 Å². The summed E-state index contributed by atoms with van der Waals surface area (Å²) in [5, 5.41) is 3.34. The largest absolute Gasteiger partial charge is 0.314 e. The van der Waals surface area contributed by atoms with Crippen LogP contribution < -0.4 is 10.2 Å². The fraction of sp³-hybridized carbons (Fsp3) is 0.533. The highest BCUT2D eigenvalue weighted by atomic mass is 19.1. The molecule has 19 heavy (non-hydrogen) atoms. The third kappa shape index (κ3) is 3.32. The molecule has 0 aliphatic carbocycles. The average Bonchev–Trinajstić information content (AvgIpc) is 2.39. The van der Waals surface area contributed by atoms with Crippen LogP contribution in [-0.4, -0.2) is 25.0 Å². The molecule has 104 valence electrons. The Bertz CT molecular complexity index is 450. The number of piperidine rings is 1. The molecular formula is C15H21FN2O. The lowest BCUT2D eigenvalue weighted by Gasteiger charge is -2.31. The first kappa shape index (κ1) is 14.0. The minimum atomic E-state index is -0.303. The van der Waals surface area contributed by atoms with Crippen molar-refractivity contribution in [2.75, 3.05) is 18.0 Å². The molecule has 1 saturated heterocycles. The summed E-state index contributed by atoms with van der Waals surface area (Å²) in [6.45, 7) is 5.46. The van der Waals surface area contributed by atoms with Crippen LogP contribution in [-0.2, 0) is 4.79 Å². The van der Waals surface area contributed by atoms with Crippen molar-refractivity contribution in [2.45, 2.75) is 32.7 Å². The first-order valence-corrected chi connectivity index (χ1v) is 6.92. The second-order valence-corrected chi connectivity index (χ2v) is 5.14. The summed E-state index contributed by atoms with van der Waals surface area (Å²) in [4.78, 5) is 14.2. The van der Waals surface area contributed by atoms with Crippen molar-refractivity contribution in [3.05, 3.63) is 30.1 Å². The maximum Gasteiger partial charge on any atom is 0.230 e. The summed E-state index contributed by atoms with van der Waals surface area (Å²) in [7, 11) is 0. The number of hydrogen-bond donors (Lipinski definition) is 1. The Morgan fingerprint density at radius 2 is 2.32 bits per heavy atom. The normalized spacial score (nSPS) is 23.1. The van der Waals surface area contributed by atoms with Gasteiger partial charge in [-0.1, -0.05) is 6.07 Å². The maximum absolute atomic E-state index is 13.3. The van der Waals surface area contributed by atoms with Gasteiger partial charge in [-0.15, -0.1) is 0 Å². The van der Waals surface area contributed by atoms with E-state index in [2.05, 4.69) is 12.2 Å². The van der Waals surface area contributed by atoms with E-state index in [1.165, 1.54) is 12.1 Å². The van der Waals surface area contributed by atoms with E-state index in [1.807, 2.05) is 6.92 Å². The van der Waals surface area contributed by atoms with E-state index < -0.39 is 0 Å². The monoisotopic (exact) mass is 264 g/mol. The summed E-state index contributed by atoms with van der Waals surface area (Å²) in [6, 6.07) is 6.62. The molecule has 1 fully saturated rings. The van der Waals surface area contributed by atoms with Crippen LogP contribution in [0.5, 0.6) is 0 Å². The molecule has 1 N–H and O–H groups in total. The minimum absolute atomic E-state index is 0.0412. The third-order valence-corrected chi connectivity index (χ3v) is 3.68. The molecule has 4 heteroatoms. The lowest BCUT2D eigenvalue weighted by atomic mass is 9.92. The Hall–Kier alpha value is -1.42. The lowest BCUT2D eigenvalue weighted by Crippen LogP contribution is -2.44. The number of carbonyl (C=O) groups excluding carboxylic acids is 1. The molecule has 0 bridgehead atoms. The second kappa shape index (κ2) is 6.15. The molecule has 1 aromatic rings. The number of rotatable bonds is 3. The molecule has 2 atom stereocenters. The van der Waals surface area contributed by atoms with Gasteiger partial charge in [0.15, 0.2) is 0 Å². The van der Waals surface area contributed by atoms with E-state index >= 15 is 0 Å². The van der Waals surface area contributed by atoms with Crippen molar-refractivity contribution >= 4 is 11.6 Å². The lowest BCUT2D eigenvalue weighted by molar-refractivity contribution is -0.123. The number of halogens is 1. The molecule has 1 heterocycles. The first-order valence-electron chi connectivity index (χ1n) is 6.92. The van der Waals surface area contributed by atoms with Crippen LogP contribution in [0.25, 0.3) is 0 Å². The molecule has 0 aromatic heterocycles. The van der Waals surface area contributed by atoms with Gasteiger partial charge in [-0.2, -0.15) is 0 Å². The highest BCUT2D eigenvalue weighted by molar-refractivity contribution is 5.95. The molecule has 0 saturated carbocycles. The molecule has 2 rings (SSSR count). The van der Waals surface area contributed by atoms with Crippen molar-refractivity contribution in [3.63, 3.8) is 0 Å². The van der Waals surface area contributed by atoms with Gasteiger partial charge in [-0.05, 0) is 51.4 Å². The summed E-state index contributed by atoms with van der Waals surface area (Å²) >= 11 is 0. The number of anilines is 1. The maximum atomic E-state index is 13.3. The molecule has 2 unspecified atom stereocenters. The van der Waals surface area contributed by atoms with Crippen LogP contribution in [0.1, 0.15) is 26.7 Å². The third-order valence-electron chi connectivity index (χ3n) is 3.68. The summed E-state index contributed by atoms with van der Waals surface area (Å²) in [5.41, 5.74) is 0.652. The highest BCUT2D eigenvalue weighted by Gasteiger charge is 2.28. The fourth-order valence-electron chi connectivity index (χ4n) is 2.69. The van der Waals surface area contributed by atoms with E-state index in [1.54, 1.807) is 17.0 Å². The van der Waals surface area contributed by atoms with Gasteiger partial charge < -0.3 is 10.2 Å². The Kier molecular flexibility index (Phi) is 4.53. The Labute approximate surface area is 113 Å². The average molecular weight is 264 g/mol. The number of amides is 1. The molecule has 1 aliphatic rings. The molecule has 1 amide bonds. The fourth-order valence-corrected chi connectivity index (χ4v) is 2.69.